The summed E-state index contributed by atoms with van der Waals surface area (Å²) >= 11 is 5.93. The highest BCUT2D eigenvalue weighted by molar-refractivity contribution is 6.68. The first-order valence-electron chi connectivity index (χ1n) is 14.6. The third-order valence-electron chi connectivity index (χ3n) is 7.32. The minimum atomic E-state index is -0.271. The van der Waals surface area contributed by atoms with E-state index in [-0.39, 0.29) is 28.8 Å². The van der Waals surface area contributed by atoms with Crippen molar-refractivity contribution in [1.82, 2.24) is 25.1 Å². The number of fused-ring (bicyclic) bond motifs is 1. The molecule has 0 bridgehead atoms. The van der Waals surface area contributed by atoms with Gasteiger partial charge in [-0.25, -0.2) is 14.7 Å². The molecule has 12 heteroatoms. The molecule has 0 atom stereocenters. The van der Waals surface area contributed by atoms with Crippen LogP contribution in [0.25, 0.3) is 0 Å². The van der Waals surface area contributed by atoms with Crippen molar-refractivity contribution in [1.29, 1.82) is 5.41 Å². The van der Waals surface area contributed by atoms with Gasteiger partial charge in [-0.15, -0.1) is 0 Å². The molecule has 5 rings (SSSR count). The number of amides is 3. The Morgan fingerprint density at radius 1 is 1.07 bits per heavy atom. The van der Waals surface area contributed by atoms with Crippen LogP contribution in [-0.4, -0.2) is 63.6 Å². The maximum absolute atomic E-state index is 14.1. The molecule has 1 fully saturated rings. The molecule has 0 unspecified atom stereocenters. The number of likely N-dealkylation sites (tertiary alicyclic amines) is 1. The summed E-state index contributed by atoms with van der Waals surface area (Å²) in [6.07, 6.45) is 10.3. The fourth-order valence-corrected chi connectivity index (χ4v) is 5.31. The molecule has 3 heterocycles. The molecule has 3 aromatic rings. The van der Waals surface area contributed by atoms with E-state index < -0.39 is 0 Å². The summed E-state index contributed by atoms with van der Waals surface area (Å²) in [5, 5.41) is 16.3. The number of benzene rings is 2. The van der Waals surface area contributed by atoms with E-state index in [0.717, 1.165) is 30.8 Å². The van der Waals surface area contributed by atoms with E-state index in [1.54, 1.807) is 48.5 Å². The van der Waals surface area contributed by atoms with Crippen LogP contribution in [0.15, 0.2) is 84.8 Å². The molecule has 3 amide bonds. The van der Waals surface area contributed by atoms with Crippen molar-refractivity contribution in [2.24, 2.45) is 0 Å². The summed E-state index contributed by atoms with van der Waals surface area (Å²) < 4.78 is 0. The van der Waals surface area contributed by atoms with Gasteiger partial charge in [0, 0.05) is 49.9 Å². The largest absolute Gasteiger partial charge is 0.392 e. The van der Waals surface area contributed by atoms with Gasteiger partial charge < -0.3 is 20.9 Å². The Kier molecular flexibility index (Phi) is 10.2. The number of nitrogens with one attached hydrogen (secondary N) is 4. The molecule has 2 aliphatic rings. The smallest absolute Gasteiger partial charge is 0.330 e. The minimum absolute atomic E-state index is 0.174. The van der Waals surface area contributed by atoms with E-state index in [1.807, 2.05) is 36.4 Å². The number of anilines is 4. The van der Waals surface area contributed by atoms with Crippen LogP contribution in [0.4, 0.5) is 27.9 Å². The van der Waals surface area contributed by atoms with E-state index in [2.05, 4.69) is 30.8 Å². The first-order chi connectivity index (χ1) is 21.4. The average Bonchev–Trinajstić information content (AvgIpc) is 3.02. The van der Waals surface area contributed by atoms with Gasteiger partial charge in [0.05, 0.1) is 17.9 Å². The van der Waals surface area contributed by atoms with Crippen LogP contribution in [0.3, 0.4) is 0 Å². The normalized spacial score (nSPS) is 15.7. The van der Waals surface area contributed by atoms with Gasteiger partial charge in [0.1, 0.15) is 5.17 Å². The van der Waals surface area contributed by atoms with Crippen molar-refractivity contribution in [2.75, 3.05) is 42.2 Å². The first kappa shape index (κ1) is 30.7. The van der Waals surface area contributed by atoms with E-state index in [1.165, 1.54) is 30.4 Å². The molecule has 11 nitrogen and oxygen atoms in total. The van der Waals surface area contributed by atoms with Crippen molar-refractivity contribution in [3.05, 3.63) is 96.0 Å². The third-order valence-corrected chi connectivity index (χ3v) is 7.52. The van der Waals surface area contributed by atoms with Gasteiger partial charge in [-0.05, 0) is 49.7 Å². The molecule has 4 N–H and O–H groups in total. The van der Waals surface area contributed by atoms with Crippen LogP contribution in [0.5, 0.6) is 0 Å². The summed E-state index contributed by atoms with van der Waals surface area (Å²) in [6, 6.07) is 16.6. The number of hydrogen-bond donors (Lipinski definition) is 4. The quantitative estimate of drug-likeness (QED) is 0.168. The number of carbonyl (C=O) groups is 2. The van der Waals surface area contributed by atoms with Crippen LogP contribution < -0.4 is 20.9 Å². The van der Waals surface area contributed by atoms with Gasteiger partial charge in [0.2, 0.25) is 11.9 Å². The molecule has 44 heavy (non-hydrogen) atoms. The van der Waals surface area contributed by atoms with Crippen LogP contribution >= 0.6 is 11.6 Å². The van der Waals surface area contributed by atoms with E-state index >= 15 is 0 Å². The maximum atomic E-state index is 14.1. The Bertz CT molecular complexity index is 1550. The summed E-state index contributed by atoms with van der Waals surface area (Å²) in [4.78, 5) is 41.5. The Morgan fingerprint density at radius 3 is 2.61 bits per heavy atom. The molecule has 0 aliphatic carbocycles. The fourth-order valence-electron chi connectivity index (χ4n) is 5.21. The van der Waals surface area contributed by atoms with Crippen molar-refractivity contribution in [2.45, 2.75) is 32.4 Å². The highest BCUT2D eigenvalue weighted by Gasteiger charge is 2.34. The molecule has 2 aliphatic heterocycles. The number of hydrogen-bond acceptors (Lipinski definition) is 8. The van der Waals surface area contributed by atoms with Crippen molar-refractivity contribution < 1.29 is 9.59 Å². The second kappa shape index (κ2) is 14.6. The lowest BCUT2D eigenvalue weighted by Crippen LogP contribution is -2.45. The predicted molar refractivity (Wildman–Crippen MR) is 174 cm³/mol. The lowest BCUT2D eigenvalue weighted by Gasteiger charge is -2.36. The summed E-state index contributed by atoms with van der Waals surface area (Å²) in [6.45, 7) is 3.56. The summed E-state index contributed by atoms with van der Waals surface area (Å²) in [5.41, 5.74) is 3.08. The Hall–Kier alpha value is -4.74. The highest BCUT2D eigenvalue weighted by atomic mass is 35.5. The van der Waals surface area contributed by atoms with Crippen molar-refractivity contribution >= 4 is 51.9 Å². The molecule has 0 spiro atoms. The van der Waals surface area contributed by atoms with Crippen molar-refractivity contribution in [3.8, 4) is 0 Å². The summed E-state index contributed by atoms with van der Waals surface area (Å²) in [5.74, 6) is 0.330. The topological polar surface area (TPSA) is 130 Å². The number of carbonyl (C=O) groups excluding carboxylic acids is 2. The molecule has 2 aromatic carbocycles. The van der Waals surface area contributed by atoms with E-state index in [9.17, 15) is 9.59 Å². The second-order valence-corrected chi connectivity index (χ2v) is 11.0. The zero-order valence-corrected chi connectivity index (χ0v) is 25.3. The van der Waals surface area contributed by atoms with Gasteiger partial charge in [0.15, 0.2) is 5.82 Å². The van der Waals surface area contributed by atoms with Gasteiger partial charge in [0.25, 0.3) is 0 Å². The SMILES string of the molecule is CN/C=C(/Nc1ncc2c(n1)N(c1cccc(NC(=O)/C=C/CN3CCCCC3)c1)C(=O)N(Cc1ccccc1)C2)C(=N)Cl. The predicted octanol–water partition coefficient (Wildman–Crippen LogP) is 5.42. The van der Waals surface area contributed by atoms with Crippen LogP contribution in [0.1, 0.15) is 30.4 Å². The van der Waals surface area contributed by atoms with Crippen LogP contribution in [0.2, 0.25) is 0 Å². The molecule has 1 saturated heterocycles. The van der Waals surface area contributed by atoms with Crippen LogP contribution in [-0.2, 0) is 17.9 Å². The summed E-state index contributed by atoms with van der Waals surface area (Å²) in [7, 11) is 1.69. The highest BCUT2D eigenvalue weighted by Crippen LogP contribution is 2.35. The molecule has 1 aromatic heterocycles. The number of halogens is 1. The van der Waals surface area contributed by atoms with Gasteiger partial charge in [-0.3, -0.25) is 15.1 Å². The second-order valence-electron chi connectivity index (χ2n) is 10.6. The maximum Gasteiger partial charge on any atom is 0.330 e. The number of urea groups is 1. The fraction of sp³-hybridized carbons (Fsp3) is 0.281. The van der Waals surface area contributed by atoms with Gasteiger partial charge in [-0.1, -0.05) is 60.5 Å². The Balaban J connectivity index is 1.42. The zero-order chi connectivity index (χ0) is 30.9. The Morgan fingerprint density at radius 2 is 1.86 bits per heavy atom. The minimum Gasteiger partial charge on any atom is -0.392 e. The lowest BCUT2D eigenvalue weighted by molar-refractivity contribution is -0.111. The number of rotatable bonds is 11. The third kappa shape index (κ3) is 7.80. The zero-order valence-electron chi connectivity index (χ0n) is 24.6. The van der Waals surface area contributed by atoms with Gasteiger partial charge >= 0.3 is 6.03 Å². The number of allylic oxidation sites excluding steroid dienone is 1. The number of piperidine rings is 1. The Labute approximate surface area is 262 Å². The van der Waals surface area contributed by atoms with Crippen LogP contribution in [0, 0.1) is 5.41 Å². The van der Waals surface area contributed by atoms with E-state index in [4.69, 9.17) is 17.0 Å². The molecule has 228 valence electrons. The number of nitrogens with zero attached hydrogens (tertiary/aromatic N) is 5. The standard InChI is InChI=1S/C32H36ClN9O2/c1-35-20-27(29(33)34)38-31-36-19-24-22-41(21-23-10-4-2-5-11-23)32(44)42(30(24)39-31)26-13-8-12-25(18-26)37-28(43)14-9-17-40-15-6-3-7-16-40/h2,4-5,8-14,18-20,34-35H,3,6-7,15-17,21-22H2,1H3,(H,37,43)(H,36,38,39)/b14-9+,27-20+,34-29?. The van der Waals surface area contributed by atoms with Gasteiger partial charge in [-0.2, -0.15) is 4.98 Å². The average molecular weight is 614 g/mol. The lowest BCUT2D eigenvalue weighted by atomic mass is 10.1. The molecule has 0 radical (unpaired) electrons. The van der Waals surface area contributed by atoms with E-state index in [0.29, 0.717) is 30.3 Å². The van der Waals surface area contributed by atoms with Crippen molar-refractivity contribution in [3.63, 3.8) is 0 Å². The monoisotopic (exact) mass is 613 g/mol. The molecule has 0 saturated carbocycles. The number of aromatic nitrogens is 2. The molecular formula is C32H36ClN9O2. The molecular weight excluding hydrogens is 578 g/mol. The first-order valence-corrected chi connectivity index (χ1v) is 15.0.